The lowest BCUT2D eigenvalue weighted by molar-refractivity contribution is 0.0552. The van der Waals surface area contributed by atoms with Gasteiger partial charge in [-0.2, -0.15) is 0 Å². The molecule has 0 bridgehead atoms. The summed E-state index contributed by atoms with van der Waals surface area (Å²) in [6.45, 7) is 4.15. The Morgan fingerprint density at radius 3 is 1.88 bits per heavy atom. The maximum Gasteiger partial charge on any atom is 0.361 e. The summed E-state index contributed by atoms with van der Waals surface area (Å²) in [7, 11) is -3.38. The number of hydrogen-bond donors (Lipinski definition) is 1. The van der Waals surface area contributed by atoms with E-state index in [1.807, 2.05) is 0 Å². The smallest absolute Gasteiger partial charge is 0.361 e. The third-order valence-corrected chi connectivity index (χ3v) is 5.68. The Labute approximate surface area is 97.9 Å². The van der Waals surface area contributed by atoms with Crippen LogP contribution in [0.15, 0.2) is 0 Å². The molecule has 0 spiro atoms. The second kappa shape index (κ2) is 6.15. The largest absolute Gasteiger partial charge is 0.377 e. The molecule has 1 aliphatic rings. The Hall–Kier alpha value is 0.110. The molecule has 0 aromatic carbocycles. The van der Waals surface area contributed by atoms with Crippen LogP contribution in [0.25, 0.3) is 0 Å². The molecule has 0 heterocycles. The third-order valence-electron chi connectivity index (χ3n) is 3.01. The van der Waals surface area contributed by atoms with Crippen LogP contribution in [-0.2, 0) is 13.6 Å². The van der Waals surface area contributed by atoms with Crippen molar-refractivity contribution in [3.8, 4) is 0 Å². The standard InChI is InChI=1S/C11H23O4P/c1-3-14-16(13,15-4-2)11(12)9-7-5-6-8-10-11/h12H,3-10H2,1-2H3. The highest BCUT2D eigenvalue weighted by Gasteiger charge is 2.49. The van der Waals surface area contributed by atoms with Crippen molar-refractivity contribution < 1.29 is 18.7 Å². The van der Waals surface area contributed by atoms with Gasteiger partial charge in [0.2, 0.25) is 0 Å². The Balaban J connectivity index is 2.84. The first kappa shape index (κ1) is 14.2. The molecule has 0 aromatic rings. The predicted molar refractivity (Wildman–Crippen MR) is 63.5 cm³/mol. The number of hydrogen-bond acceptors (Lipinski definition) is 4. The fourth-order valence-corrected chi connectivity index (χ4v) is 4.29. The van der Waals surface area contributed by atoms with Crippen LogP contribution in [0.4, 0.5) is 0 Å². The van der Waals surface area contributed by atoms with Crippen molar-refractivity contribution in [2.75, 3.05) is 13.2 Å². The second-order valence-electron chi connectivity index (χ2n) is 4.23. The predicted octanol–water partition coefficient (Wildman–Crippen LogP) is 3.30. The molecular weight excluding hydrogens is 227 g/mol. The van der Waals surface area contributed by atoms with Crippen LogP contribution in [0.1, 0.15) is 52.4 Å². The van der Waals surface area contributed by atoms with E-state index in [9.17, 15) is 9.67 Å². The number of aliphatic hydroxyl groups is 1. The van der Waals surface area contributed by atoms with Crippen molar-refractivity contribution in [1.29, 1.82) is 0 Å². The summed E-state index contributed by atoms with van der Waals surface area (Å²) in [5, 5.41) is 9.25. The van der Waals surface area contributed by atoms with E-state index >= 15 is 0 Å². The lowest BCUT2D eigenvalue weighted by Gasteiger charge is -2.33. The normalized spacial score (nSPS) is 21.7. The van der Waals surface area contributed by atoms with Crippen molar-refractivity contribution in [3.05, 3.63) is 0 Å². The minimum absolute atomic E-state index is 0.305. The van der Waals surface area contributed by atoms with Crippen molar-refractivity contribution in [3.63, 3.8) is 0 Å². The number of rotatable bonds is 5. The molecule has 0 unspecified atom stereocenters. The van der Waals surface area contributed by atoms with Gasteiger partial charge in [-0.15, -0.1) is 0 Å². The van der Waals surface area contributed by atoms with E-state index in [-0.39, 0.29) is 0 Å². The van der Waals surface area contributed by atoms with Crippen LogP contribution >= 0.6 is 7.60 Å². The Morgan fingerprint density at radius 1 is 1.06 bits per heavy atom. The molecule has 0 saturated heterocycles. The Kier molecular flexibility index (Phi) is 5.45. The van der Waals surface area contributed by atoms with Gasteiger partial charge in [0.1, 0.15) is 0 Å². The average Bonchev–Trinajstić information content (AvgIpc) is 2.45. The lowest BCUT2D eigenvalue weighted by Crippen LogP contribution is -2.30. The maximum atomic E-state index is 12.5. The fraction of sp³-hybridized carbons (Fsp3) is 1.00. The van der Waals surface area contributed by atoms with Gasteiger partial charge in [0.15, 0.2) is 5.34 Å². The molecule has 0 aromatic heterocycles. The van der Waals surface area contributed by atoms with Gasteiger partial charge in [-0.25, -0.2) is 0 Å². The summed E-state index contributed by atoms with van der Waals surface area (Å²) >= 11 is 0. The molecule has 1 fully saturated rings. The molecular formula is C11H23O4P. The van der Waals surface area contributed by atoms with Crippen molar-refractivity contribution in [1.82, 2.24) is 0 Å². The fourth-order valence-electron chi connectivity index (χ4n) is 2.19. The van der Waals surface area contributed by atoms with Crippen LogP contribution in [-0.4, -0.2) is 23.7 Å². The van der Waals surface area contributed by atoms with E-state index in [1.165, 1.54) is 0 Å². The monoisotopic (exact) mass is 250 g/mol. The first-order valence-corrected chi connectivity index (χ1v) is 7.74. The summed E-state index contributed by atoms with van der Waals surface area (Å²) in [6, 6.07) is 0. The average molecular weight is 250 g/mol. The Bertz CT molecular complexity index is 236. The molecule has 1 N–H and O–H groups in total. The maximum absolute atomic E-state index is 12.5. The van der Waals surface area contributed by atoms with Gasteiger partial charge < -0.3 is 14.2 Å². The van der Waals surface area contributed by atoms with Crippen LogP contribution in [0.2, 0.25) is 0 Å². The zero-order valence-electron chi connectivity index (χ0n) is 10.3. The minimum atomic E-state index is -3.38. The molecule has 0 atom stereocenters. The first-order valence-electron chi connectivity index (χ1n) is 6.19. The molecule has 0 amide bonds. The van der Waals surface area contributed by atoms with Gasteiger partial charge in [-0.3, -0.25) is 4.57 Å². The third kappa shape index (κ3) is 3.07. The van der Waals surface area contributed by atoms with Gasteiger partial charge in [0.05, 0.1) is 13.2 Å². The van der Waals surface area contributed by atoms with Crippen LogP contribution in [0, 0.1) is 0 Å². The van der Waals surface area contributed by atoms with E-state index in [2.05, 4.69) is 0 Å². The SMILES string of the molecule is CCOP(=O)(OCC)C1(O)CCCCCC1. The molecule has 1 rings (SSSR count). The molecule has 0 aliphatic heterocycles. The van der Waals surface area contributed by atoms with E-state index in [0.717, 1.165) is 25.7 Å². The molecule has 5 heteroatoms. The van der Waals surface area contributed by atoms with E-state index < -0.39 is 12.9 Å². The van der Waals surface area contributed by atoms with Gasteiger partial charge in [0.25, 0.3) is 0 Å². The molecule has 1 aliphatic carbocycles. The summed E-state index contributed by atoms with van der Waals surface area (Å²) in [5.41, 5.74) is 0. The van der Waals surface area contributed by atoms with Gasteiger partial charge in [-0.1, -0.05) is 12.8 Å². The van der Waals surface area contributed by atoms with Gasteiger partial charge >= 0.3 is 7.60 Å². The highest BCUT2D eigenvalue weighted by atomic mass is 31.2. The summed E-state index contributed by atoms with van der Waals surface area (Å²) in [5.74, 6) is 0. The molecule has 96 valence electrons. The molecule has 16 heavy (non-hydrogen) atoms. The minimum Gasteiger partial charge on any atom is -0.377 e. The van der Waals surface area contributed by atoms with E-state index in [1.54, 1.807) is 13.8 Å². The van der Waals surface area contributed by atoms with E-state index in [4.69, 9.17) is 9.05 Å². The van der Waals surface area contributed by atoms with Crippen molar-refractivity contribution in [2.45, 2.75) is 57.7 Å². The zero-order valence-corrected chi connectivity index (χ0v) is 11.2. The van der Waals surface area contributed by atoms with Crippen LogP contribution < -0.4 is 0 Å². The first-order chi connectivity index (χ1) is 7.58. The second-order valence-corrected chi connectivity index (χ2v) is 6.57. The Morgan fingerprint density at radius 2 is 1.50 bits per heavy atom. The summed E-state index contributed by atoms with van der Waals surface area (Å²) in [6.07, 6.45) is 4.98. The highest BCUT2D eigenvalue weighted by molar-refractivity contribution is 7.55. The molecule has 1 saturated carbocycles. The van der Waals surface area contributed by atoms with Gasteiger partial charge in [0, 0.05) is 0 Å². The van der Waals surface area contributed by atoms with Crippen LogP contribution in [0.3, 0.4) is 0 Å². The zero-order chi connectivity index (χ0) is 12.1. The highest BCUT2D eigenvalue weighted by Crippen LogP contribution is 2.63. The molecule has 0 radical (unpaired) electrons. The summed E-state index contributed by atoms with van der Waals surface area (Å²) in [4.78, 5) is 0. The topological polar surface area (TPSA) is 55.8 Å². The van der Waals surface area contributed by atoms with Crippen LogP contribution in [0.5, 0.6) is 0 Å². The summed E-state index contributed by atoms with van der Waals surface area (Å²) < 4.78 is 23.1. The lowest BCUT2D eigenvalue weighted by atomic mass is 10.1. The quantitative estimate of drug-likeness (QED) is 0.601. The van der Waals surface area contributed by atoms with Crippen molar-refractivity contribution >= 4 is 7.60 Å². The molecule has 4 nitrogen and oxygen atoms in total. The van der Waals surface area contributed by atoms with Crippen molar-refractivity contribution in [2.24, 2.45) is 0 Å². The van der Waals surface area contributed by atoms with E-state index in [0.29, 0.717) is 26.1 Å². The van der Waals surface area contributed by atoms with Gasteiger partial charge in [-0.05, 0) is 39.5 Å².